The quantitative estimate of drug-likeness (QED) is 0.319. The van der Waals surface area contributed by atoms with Crippen LogP contribution < -0.4 is 17.0 Å². The molecule has 0 aromatic heterocycles. The molecule has 1 fully saturated rings. The highest BCUT2D eigenvalue weighted by atomic mass is 16.2. The summed E-state index contributed by atoms with van der Waals surface area (Å²) in [6.07, 6.45) is 4.00. The zero-order valence-electron chi connectivity index (χ0n) is 8.03. The van der Waals surface area contributed by atoms with Gasteiger partial charge in [-0.25, -0.2) is 10.6 Å². The molecule has 1 aliphatic rings. The molecular formula is C8H16N4O2. The molecule has 0 saturated heterocycles. The molecule has 1 rings (SSSR count). The first-order valence-electron chi connectivity index (χ1n) is 4.70. The fourth-order valence-electron chi connectivity index (χ4n) is 1.83. The summed E-state index contributed by atoms with van der Waals surface area (Å²) in [5, 5.41) is 0. The minimum absolute atomic E-state index is 0.0618. The van der Waals surface area contributed by atoms with Gasteiger partial charge >= 0.3 is 6.03 Å². The first-order valence-corrected chi connectivity index (χ1v) is 4.70. The lowest BCUT2D eigenvalue weighted by Crippen LogP contribution is -2.50. The number of hydrogen-bond donors (Lipinski definition) is 3. The van der Waals surface area contributed by atoms with Crippen LogP contribution in [0.2, 0.25) is 0 Å². The third-order valence-electron chi connectivity index (χ3n) is 2.48. The maximum atomic E-state index is 11.3. The van der Waals surface area contributed by atoms with Crippen LogP contribution in [0, 0.1) is 0 Å². The summed E-state index contributed by atoms with van der Waals surface area (Å²) >= 11 is 0. The minimum atomic E-state index is -0.513. The van der Waals surface area contributed by atoms with E-state index in [9.17, 15) is 9.59 Å². The summed E-state index contributed by atoms with van der Waals surface area (Å²) in [5.41, 5.74) is 7.08. The van der Waals surface area contributed by atoms with Crippen molar-refractivity contribution >= 4 is 11.9 Å². The lowest BCUT2D eigenvalue weighted by Gasteiger charge is -2.26. The van der Waals surface area contributed by atoms with Crippen molar-refractivity contribution in [1.29, 1.82) is 0 Å². The molecule has 0 aromatic carbocycles. The monoisotopic (exact) mass is 200 g/mol. The van der Waals surface area contributed by atoms with Crippen LogP contribution in [0.4, 0.5) is 4.79 Å². The number of nitrogens with two attached hydrogens (primary N) is 2. The Balaban J connectivity index is 2.59. The predicted octanol–water partition coefficient (Wildman–Crippen LogP) is -0.700. The third kappa shape index (κ3) is 2.59. The molecular weight excluding hydrogens is 184 g/mol. The van der Waals surface area contributed by atoms with Gasteiger partial charge in [0, 0.05) is 6.04 Å². The van der Waals surface area contributed by atoms with Crippen molar-refractivity contribution < 1.29 is 9.59 Å². The van der Waals surface area contributed by atoms with Crippen LogP contribution in [0.5, 0.6) is 0 Å². The van der Waals surface area contributed by atoms with Crippen molar-refractivity contribution in [3.05, 3.63) is 0 Å². The fraction of sp³-hybridized carbons (Fsp3) is 0.750. The maximum Gasteiger partial charge on any atom is 0.332 e. The van der Waals surface area contributed by atoms with E-state index in [2.05, 4.69) is 0 Å². The number of hydrogen-bond acceptors (Lipinski definition) is 3. The highest BCUT2D eigenvalue weighted by Gasteiger charge is 2.27. The molecule has 0 unspecified atom stereocenters. The second-order valence-corrected chi connectivity index (χ2v) is 3.48. The van der Waals surface area contributed by atoms with Gasteiger partial charge in [-0.2, -0.15) is 0 Å². The molecule has 5 N–H and O–H groups in total. The van der Waals surface area contributed by atoms with E-state index in [0.29, 0.717) is 0 Å². The Hall–Kier alpha value is -1.30. The Labute approximate surface area is 82.6 Å². The summed E-state index contributed by atoms with van der Waals surface area (Å²) < 4.78 is 0. The highest BCUT2D eigenvalue weighted by Crippen LogP contribution is 2.23. The number of carbonyl (C=O) groups is 2. The second kappa shape index (κ2) is 4.80. The number of rotatable bonds is 3. The number of carbonyl (C=O) groups excluding carboxylic acids is 2. The van der Waals surface area contributed by atoms with Crippen LogP contribution in [-0.2, 0) is 4.79 Å². The molecule has 3 amide bonds. The molecule has 0 heterocycles. The molecule has 6 nitrogen and oxygen atoms in total. The molecule has 0 radical (unpaired) electrons. The van der Waals surface area contributed by atoms with E-state index in [1.807, 2.05) is 5.43 Å². The summed E-state index contributed by atoms with van der Waals surface area (Å²) in [5.74, 6) is 4.51. The van der Waals surface area contributed by atoms with Gasteiger partial charge in [0.05, 0.1) is 0 Å². The number of amides is 3. The molecule has 0 atom stereocenters. The van der Waals surface area contributed by atoms with Crippen LogP contribution in [-0.4, -0.2) is 29.4 Å². The Morgan fingerprint density at radius 3 is 2.36 bits per heavy atom. The van der Waals surface area contributed by atoms with E-state index >= 15 is 0 Å². The van der Waals surface area contributed by atoms with E-state index in [0.717, 1.165) is 25.7 Å². The van der Waals surface area contributed by atoms with Crippen LogP contribution in [0.15, 0.2) is 0 Å². The van der Waals surface area contributed by atoms with Crippen LogP contribution >= 0.6 is 0 Å². The number of primary amides is 1. The molecule has 80 valence electrons. The van der Waals surface area contributed by atoms with Crippen LogP contribution in [0.1, 0.15) is 25.7 Å². The van der Waals surface area contributed by atoms with Gasteiger partial charge in [-0.05, 0) is 12.8 Å². The van der Waals surface area contributed by atoms with Crippen LogP contribution in [0.3, 0.4) is 0 Å². The molecule has 0 aliphatic heterocycles. The van der Waals surface area contributed by atoms with Crippen molar-refractivity contribution in [1.82, 2.24) is 10.3 Å². The van der Waals surface area contributed by atoms with E-state index in [-0.39, 0.29) is 12.6 Å². The van der Waals surface area contributed by atoms with Gasteiger partial charge in [-0.15, -0.1) is 0 Å². The molecule has 1 aliphatic carbocycles. The van der Waals surface area contributed by atoms with Gasteiger partial charge in [0.25, 0.3) is 0 Å². The number of hydrazine groups is 1. The Morgan fingerprint density at radius 2 is 1.93 bits per heavy atom. The van der Waals surface area contributed by atoms with Gasteiger partial charge in [0.1, 0.15) is 6.54 Å². The first-order chi connectivity index (χ1) is 6.65. The lowest BCUT2D eigenvalue weighted by atomic mass is 10.2. The van der Waals surface area contributed by atoms with Crippen molar-refractivity contribution in [2.75, 3.05) is 6.54 Å². The summed E-state index contributed by atoms with van der Waals surface area (Å²) in [7, 11) is 0. The van der Waals surface area contributed by atoms with Gasteiger partial charge in [0.15, 0.2) is 0 Å². The minimum Gasteiger partial charge on any atom is -0.368 e. The molecule has 6 heteroatoms. The molecule has 0 aromatic rings. The second-order valence-electron chi connectivity index (χ2n) is 3.48. The molecule has 14 heavy (non-hydrogen) atoms. The van der Waals surface area contributed by atoms with Gasteiger partial charge in [-0.3, -0.25) is 10.2 Å². The topological polar surface area (TPSA) is 101 Å². The van der Waals surface area contributed by atoms with Crippen molar-refractivity contribution in [3.63, 3.8) is 0 Å². The van der Waals surface area contributed by atoms with Crippen molar-refractivity contribution in [2.24, 2.45) is 11.6 Å². The zero-order chi connectivity index (χ0) is 10.6. The average Bonchev–Trinajstić information content (AvgIpc) is 2.65. The van der Waals surface area contributed by atoms with Crippen molar-refractivity contribution in [3.8, 4) is 0 Å². The SMILES string of the molecule is NNC(=O)N(CC(N)=O)C1CCCC1. The predicted molar refractivity (Wildman–Crippen MR) is 50.9 cm³/mol. The normalized spacial score (nSPS) is 16.6. The molecule has 0 bridgehead atoms. The highest BCUT2D eigenvalue weighted by molar-refractivity contribution is 5.82. The molecule has 1 saturated carbocycles. The number of nitrogens with one attached hydrogen (secondary N) is 1. The van der Waals surface area contributed by atoms with Crippen molar-refractivity contribution in [2.45, 2.75) is 31.7 Å². The number of nitrogens with zero attached hydrogens (tertiary/aromatic N) is 1. The third-order valence-corrected chi connectivity index (χ3v) is 2.48. The largest absolute Gasteiger partial charge is 0.368 e. The summed E-state index contributed by atoms with van der Waals surface area (Å²) in [6.45, 7) is -0.0618. The van der Waals surface area contributed by atoms with Gasteiger partial charge in [-0.1, -0.05) is 12.8 Å². The Morgan fingerprint density at radius 1 is 1.36 bits per heavy atom. The smallest absolute Gasteiger partial charge is 0.332 e. The fourth-order valence-corrected chi connectivity index (χ4v) is 1.83. The average molecular weight is 200 g/mol. The Bertz CT molecular complexity index is 225. The lowest BCUT2D eigenvalue weighted by molar-refractivity contribution is -0.119. The van der Waals surface area contributed by atoms with E-state index in [1.54, 1.807) is 0 Å². The standard InChI is InChI=1S/C8H16N4O2/c9-7(13)5-12(8(14)11-10)6-3-1-2-4-6/h6H,1-5,10H2,(H2,9,13)(H,11,14). The summed E-state index contributed by atoms with van der Waals surface area (Å²) in [4.78, 5) is 23.5. The zero-order valence-corrected chi connectivity index (χ0v) is 8.03. The Kier molecular flexibility index (Phi) is 3.70. The number of urea groups is 1. The van der Waals surface area contributed by atoms with E-state index in [1.165, 1.54) is 4.90 Å². The summed E-state index contributed by atoms with van der Waals surface area (Å²) in [6, 6.07) is -0.332. The van der Waals surface area contributed by atoms with E-state index < -0.39 is 11.9 Å². The van der Waals surface area contributed by atoms with Gasteiger partial charge in [0.2, 0.25) is 5.91 Å². The molecule has 0 spiro atoms. The van der Waals surface area contributed by atoms with E-state index in [4.69, 9.17) is 11.6 Å². The van der Waals surface area contributed by atoms with Gasteiger partial charge < -0.3 is 10.6 Å². The first kappa shape index (κ1) is 10.8. The maximum absolute atomic E-state index is 11.3. The van der Waals surface area contributed by atoms with Crippen LogP contribution in [0.25, 0.3) is 0 Å².